The molecule has 6 rings (SSSR count). The molecule has 0 bridgehead atoms. The van der Waals surface area contributed by atoms with Crippen LogP contribution in [0.1, 0.15) is 49.4 Å². The van der Waals surface area contributed by atoms with Crippen LogP contribution in [0.5, 0.6) is 0 Å². The first kappa shape index (κ1) is 27.5. The molecule has 212 valence electrons. The first-order chi connectivity index (χ1) is 18.9. The van der Waals surface area contributed by atoms with Crippen molar-refractivity contribution < 1.29 is 26.0 Å². The second-order valence-electron chi connectivity index (χ2n) is 11.4. The zero-order chi connectivity index (χ0) is 28.4. The molecule has 3 aliphatic carbocycles. The normalized spacial score (nSPS) is 22.8. The molecular formula is C29H28ClF4N3O2S. The molecule has 11 heteroatoms. The van der Waals surface area contributed by atoms with Crippen molar-refractivity contribution in [2.75, 3.05) is 13.1 Å². The summed E-state index contributed by atoms with van der Waals surface area (Å²) in [6.07, 6.45) is 3.18. The van der Waals surface area contributed by atoms with E-state index in [1.165, 1.54) is 22.0 Å². The molecule has 40 heavy (non-hydrogen) atoms. The molecule has 0 N–H and O–H groups in total. The van der Waals surface area contributed by atoms with Gasteiger partial charge in [0.2, 0.25) is 10.0 Å². The fourth-order valence-corrected chi connectivity index (χ4v) is 8.20. The third-order valence-corrected chi connectivity index (χ3v) is 11.0. The van der Waals surface area contributed by atoms with Crippen LogP contribution in [0.3, 0.4) is 0 Å². The van der Waals surface area contributed by atoms with Crippen LogP contribution in [0.25, 0.3) is 11.8 Å². The lowest BCUT2D eigenvalue weighted by Crippen LogP contribution is -2.41. The first-order valence-corrected chi connectivity index (χ1v) is 15.1. The largest absolute Gasteiger partial charge is 0.416 e. The van der Waals surface area contributed by atoms with Gasteiger partial charge in [0.05, 0.1) is 28.2 Å². The smallest absolute Gasteiger partial charge is 0.233 e. The average Bonchev–Trinajstić information content (AvgIpc) is 3.54. The third-order valence-electron chi connectivity index (χ3n) is 8.68. The lowest BCUT2D eigenvalue weighted by Gasteiger charge is -2.38. The van der Waals surface area contributed by atoms with Crippen LogP contribution in [0.2, 0.25) is 5.02 Å². The second-order valence-corrected chi connectivity index (χ2v) is 13.7. The highest BCUT2D eigenvalue weighted by atomic mass is 35.5. The van der Waals surface area contributed by atoms with E-state index in [0.717, 1.165) is 54.8 Å². The van der Waals surface area contributed by atoms with E-state index >= 15 is 0 Å². The number of sulfonamides is 1. The number of alkyl halides is 3. The first-order valence-electron chi connectivity index (χ1n) is 13.3. The van der Waals surface area contributed by atoms with Gasteiger partial charge in [0, 0.05) is 13.1 Å². The monoisotopic (exact) mass is 593 g/mol. The lowest BCUT2D eigenvalue weighted by atomic mass is 9.70. The molecule has 0 unspecified atom stereocenters. The van der Waals surface area contributed by atoms with Crippen molar-refractivity contribution in [2.45, 2.75) is 50.1 Å². The maximum atomic E-state index is 13.8. The van der Waals surface area contributed by atoms with Gasteiger partial charge in [0.1, 0.15) is 10.7 Å². The summed E-state index contributed by atoms with van der Waals surface area (Å²) >= 11 is 6.19. The fourth-order valence-electron chi connectivity index (χ4n) is 6.14. The molecule has 0 aliphatic heterocycles. The zero-order valence-corrected chi connectivity index (χ0v) is 23.3. The predicted molar refractivity (Wildman–Crippen MR) is 144 cm³/mol. The van der Waals surface area contributed by atoms with E-state index in [4.69, 9.17) is 11.6 Å². The molecule has 2 atom stereocenters. The molecule has 0 radical (unpaired) electrons. The van der Waals surface area contributed by atoms with Gasteiger partial charge in [-0.25, -0.2) is 17.5 Å². The van der Waals surface area contributed by atoms with Crippen LogP contribution < -0.4 is 0 Å². The molecule has 3 aliphatic rings. The fraction of sp³-hybridized carbons (Fsp3) is 0.414. The Hall–Kier alpha value is -2.69. The summed E-state index contributed by atoms with van der Waals surface area (Å²) in [5.41, 5.74) is 2.50. The summed E-state index contributed by atoms with van der Waals surface area (Å²) < 4.78 is 84.6. The van der Waals surface area contributed by atoms with Gasteiger partial charge >= 0.3 is 6.18 Å². The molecule has 0 spiro atoms. The van der Waals surface area contributed by atoms with Crippen molar-refractivity contribution >= 4 is 27.7 Å². The maximum Gasteiger partial charge on any atom is 0.416 e. The van der Waals surface area contributed by atoms with E-state index in [1.807, 2.05) is 0 Å². The molecular weight excluding hydrogens is 566 g/mol. The van der Waals surface area contributed by atoms with Crippen LogP contribution in [0.15, 0.2) is 59.1 Å². The van der Waals surface area contributed by atoms with Crippen molar-refractivity contribution in [1.29, 1.82) is 0 Å². The Morgan fingerprint density at radius 2 is 1.82 bits per heavy atom. The predicted octanol–water partition coefficient (Wildman–Crippen LogP) is 7.14. The molecule has 2 saturated carbocycles. The molecule has 0 amide bonds. The minimum Gasteiger partial charge on any atom is -0.233 e. The van der Waals surface area contributed by atoms with Crippen LogP contribution >= 0.6 is 11.6 Å². The number of hydrogen-bond acceptors (Lipinski definition) is 3. The third kappa shape index (κ3) is 4.88. The van der Waals surface area contributed by atoms with Crippen molar-refractivity contribution in [3.63, 3.8) is 0 Å². The van der Waals surface area contributed by atoms with E-state index in [-0.39, 0.29) is 41.2 Å². The number of halogens is 5. The van der Waals surface area contributed by atoms with Crippen molar-refractivity contribution in [3.8, 4) is 5.69 Å². The highest BCUT2D eigenvalue weighted by Gasteiger charge is 2.48. The summed E-state index contributed by atoms with van der Waals surface area (Å²) in [7, 11) is -4.28. The average molecular weight is 594 g/mol. The van der Waals surface area contributed by atoms with Gasteiger partial charge in [-0.15, -0.1) is 0 Å². The molecule has 3 aromatic rings. The summed E-state index contributed by atoms with van der Waals surface area (Å²) in [4.78, 5) is -0.505. The number of fused-ring (bicyclic) bond motifs is 2. The number of allylic oxidation sites excluding steroid dienone is 1. The molecule has 0 saturated heterocycles. The van der Waals surface area contributed by atoms with Crippen molar-refractivity contribution in [1.82, 2.24) is 14.1 Å². The highest BCUT2D eigenvalue weighted by molar-refractivity contribution is 7.89. The summed E-state index contributed by atoms with van der Waals surface area (Å²) in [5, 5.41) is 4.32. The number of nitrogens with zero attached hydrogens (tertiary/aromatic N) is 3. The van der Waals surface area contributed by atoms with Crippen LogP contribution in [0, 0.1) is 23.1 Å². The highest BCUT2D eigenvalue weighted by Crippen LogP contribution is 2.54. The molecule has 2 fully saturated rings. The Bertz CT molecular complexity index is 1600. The van der Waals surface area contributed by atoms with E-state index in [0.29, 0.717) is 12.5 Å². The van der Waals surface area contributed by atoms with Gasteiger partial charge in [-0.05, 0) is 103 Å². The Balaban J connectivity index is 1.31. The van der Waals surface area contributed by atoms with Crippen molar-refractivity contribution in [2.24, 2.45) is 17.3 Å². The Morgan fingerprint density at radius 3 is 2.50 bits per heavy atom. The molecule has 1 heterocycles. The molecule has 2 aromatic carbocycles. The summed E-state index contributed by atoms with van der Waals surface area (Å²) in [6.45, 7) is 2.59. The minimum absolute atomic E-state index is 0.0424. The molecule has 5 nitrogen and oxygen atoms in total. The standard InChI is InChI=1S/C29H28ClF4N3O2S/c1-28-14-19-15-35-37(24-9-7-23(31)8-10-24)26(19)12-20(28)4-5-22(28)17-36(16-18-2-3-18)40(38,39)27-13-21(29(32,33)34)6-11-25(27)30/h6-13,15,18,22H,2-5,14,16-17H2,1H3/t22-,28+/m1/s1. The van der Waals surface area contributed by atoms with Crippen LogP contribution in [-0.2, 0) is 22.6 Å². The number of hydrogen-bond donors (Lipinski definition) is 0. The van der Waals surface area contributed by atoms with Crippen molar-refractivity contribution in [3.05, 3.63) is 81.9 Å². The number of benzene rings is 2. The van der Waals surface area contributed by atoms with E-state index in [2.05, 4.69) is 18.1 Å². The van der Waals surface area contributed by atoms with E-state index < -0.39 is 26.7 Å². The van der Waals surface area contributed by atoms with Gasteiger partial charge in [0.15, 0.2) is 0 Å². The Kier molecular flexibility index (Phi) is 6.66. The van der Waals surface area contributed by atoms with E-state index in [1.54, 1.807) is 23.0 Å². The van der Waals surface area contributed by atoms with E-state index in [9.17, 15) is 26.0 Å². The van der Waals surface area contributed by atoms with Gasteiger partial charge < -0.3 is 0 Å². The number of rotatable bonds is 7. The van der Waals surface area contributed by atoms with Gasteiger partial charge in [0.25, 0.3) is 0 Å². The topological polar surface area (TPSA) is 55.2 Å². The molecule has 1 aromatic heterocycles. The Labute approximate surface area is 235 Å². The summed E-state index contributed by atoms with van der Waals surface area (Å²) in [6, 6.07) is 8.58. The quantitative estimate of drug-likeness (QED) is 0.274. The van der Waals surface area contributed by atoms with Gasteiger partial charge in [-0.3, -0.25) is 0 Å². The van der Waals surface area contributed by atoms with Crippen LogP contribution in [-0.4, -0.2) is 35.6 Å². The maximum absolute atomic E-state index is 13.8. The van der Waals surface area contributed by atoms with Gasteiger partial charge in [-0.1, -0.05) is 24.1 Å². The second kappa shape index (κ2) is 9.70. The summed E-state index contributed by atoms with van der Waals surface area (Å²) in [5.74, 6) is -0.180. The van der Waals surface area contributed by atoms with Gasteiger partial charge in [-0.2, -0.15) is 22.6 Å². The SMILES string of the molecule is C[C@]12Cc3cnn(-c4ccc(F)cc4)c3C=C1CC[C@@H]2CN(CC1CC1)S(=O)(=O)c1cc(C(F)(F)F)ccc1Cl. The number of aromatic nitrogens is 2. The Morgan fingerprint density at radius 1 is 1.10 bits per heavy atom. The van der Waals surface area contributed by atoms with Crippen LogP contribution in [0.4, 0.5) is 17.6 Å². The minimum atomic E-state index is -4.69. The zero-order valence-electron chi connectivity index (χ0n) is 21.8. The lowest BCUT2D eigenvalue weighted by molar-refractivity contribution is -0.137.